The van der Waals surface area contributed by atoms with Crippen molar-refractivity contribution in [2.45, 2.75) is 25.9 Å². The molecule has 1 aliphatic heterocycles. The van der Waals surface area contributed by atoms with Crippen LogP contribution >= 0.6 is 11.6 Å². The second-order valence-electron chi connectivity index (χ2n) is 4.15. The van der Waals surface area contributed by atoms with E-state index in [2.05, 4.69) is 25.2 Å². The van der Waals surface area contributed by atoms with Crippen LogP contribution in [0.2, 0.25) is 5.28 Å². The largest absolute Gasteiger partial charge is 0.392 e. The first kappa shape index (κ1) is 12.3. The molecule has 0 bridgehead atoms. The van der Waals surface area contributed by atoms with Gasteiger partial charge in [0.15, 0.2) is 0 Å². The molecule has 6 nitrogen and oxygen atoms in total. The second kappa shape index (κ2) is 5.46. The van der Waals surface area contributed by atoms with Crippen LogP contribution in [0.25, 0.3) is 0 Å². The molecule has 17 heavy (non-hydrogen) atoms. The first-order valence-corrected chi connectivity index (χ1v) is 6.11. The van der Waals surface area contributed by atoms with E-state index < -0.39 is 6.10 Å². The van der Waals surface area contributed by atoms with Crippen molar-refractivity contribution < 1.29 is 5.11 Å². The lowest BCUT2D eigenvalue weighted by atomic mass is 10.4. The fraction of sp³-hybridized carbons (Fsp3) is 0.700. The van der Waals surface area contributed by atoms with E-state index in [-0.39, 0.29) is 5.28 Å². The topological polar surface area (TPSA) is 74.2 Å². The maximum Gasteiger partial charge on any atom is 0.231 e. The van der Waals surface area contributed by atoms with Gasteiger partial charge in [-0.25, -0.2) is 0 Å². The first-order valence-electron chi connectivity index (χ1n) is 5.73. The lowest BCUT2D eigenvalue weighted by Crippen LogP contribution is -2.23. The molecule has 0 aromatic carbocycles. The predicted molar refractivity (Wildman–Crippen MR) is 66.5 cm³/mol. The van der Waals surface area contributed by atoms with E-state index in [0.717, 1.165) is 25.9 Å². The number of anilines is 2. The lowest BCUT2D eigenvalue weighted by Gasteiger charge is -2.16. The van der Waals surface area contributed by atoms with Crippen LogP contribution in [0.15, 0.2) is 0 Å². The number of halogens is 1. The van der Waals surface area contributed by atoms with Crippen LogP contribution in [0, 0.1) is 0 Å². The summed E-state index contributed by atoms with van der Waals surface area (Å²) in [4.78, 5) is 14.5. The molecule has 2 N–H and O–H groups in total. The van der Waals surface area contributed by atoms with Gasteiger partial charge < -0.3 is 15.3 Å². The van der Waals surface area contributed by atoms with Gasteiger partial charge in [-0.15, -0.1) is 0 Å². The van der Waals surface area contributed by atoms with Crippen LogP contribution in [0.4, 0.5) is 11.9 Å². The summed E-state index contributed by atoms with van der Waals surface area (Å²) in [5.41, 5.74) is 0. The Morgan fingerprint density at radius 3 is 2.71 bits per heavy atom. The number of rotatable bonds is 4. The third-order valence-electron chi connectivity index (χ3n) is 2.54. The summed E-state index contributed by atoms with van der Waals surface area (Å²) < 4.78 is 0. The molecule has 1 fully saturated rings. The van der Waals surface area contributed by atoms with Gasteiger partial charge in [0.05, 0.1) is 6.10 Å². The highest BCUT2D eigenvalue weighted by atomic mass is 35.5. The van der Waals surface area contributed by atoms with Crippen molar-refractivity contribution in [3.8, 4) is 0 Å². The Morgan fingerprint density at radius 2 is 2.06 bits per heavy atom. The standard InChI is InChI=1S/C10H16ClN5O/c1-7(17)6-12-9-13-8(11)14-10(15-9)16-4-2-3-5-16/h7,17H,2-6H2,1H3,(H,12,13,14,15). The Labute approximate surface area is 105 Å². The van der Waals surface area contributed by atoms with Crippen molar-refractivity contribution in [2.24, 2.45) is 0 Å². The van der Waals surface area contributed by atoms with Gasteiger partial charge >= 0.3 is 0 Å². The van der Waals surface area contributed by atoms with E-state index >= 15 is 0 Å². The highest BCUT2D eigenvalue weighted by molar-refractivity contribution is 6.28. The van der Waals surface area contributed by atoms with Crippen molar-refractivity contribution >= 4 is 23.5 Å². The monoisotopic (exact) mass is 257 g/mol. The molecule has 1 aliphatic rings. The van der Waals surface area contributed by atoms with E-state index in [1.165, 1.54) is 0 Å². The smallest absolute Gasteiger partial charge is 0.231 e. The number of nitrogens with one attached hydrogen (secondary N) is 1. The van der Waals surface area contributed by atoms with Crippen LogP contribution in [-0.2, 0) is 0 Å². The minimum atomic E-state index is -0.458. The van der Waals surface area contributed by atoms with E-state index in [1.807, 2.05) is 0 Å². The fourth-order valence-electron chi connectivity index (χ4n) is 1.72. The molecule has 0 aliphatic carbocycles. The molecular formula is C10H16ClN5O. The van der Waals surface area contributed by atoms with Crippen LogP contribution < -0.4 is 10.2 Å². The summed E-state index contributed by atoms with van der Waals surface area (Å²) in [5, 5.41) is 12.3. The Kier molecular flexibility index (Phi) is 3.96. The van der Waals surface area contributed by atoms with Gasteiger partial charge in [-0.05, 0) is 31.4 Å². The van der Waals surface area contributed by atoms with Gasteiger partial charge in [-0.1, -0.05) is 0 Å². The third-order valence-corrected chi connectivity index (χ3v) is 2.71. The average molecular weight is 258 g/mol. The molecule has 2 rings (SSSR count). The number of aliphatic hydroxyl groups excluding tert-OH is 1. The first-order chi connectivity index (χ1) is 8.15. The lowest BCUT2D eigenvalue weighted by molar-refractivity contribution is 0.208. The molecular weight excluding hydrogens is 242 g/mol. The Morgan fingerprint density at radius 1 is 1.35 bits per heavy atom. The molecule has 0 radical (unpaired) electrons. The molecule has 94 valence electrons. The molecule has 1 aromatic heterocycles. The Hall–Kier alpha value is -1.14. The quantitative estimate of drug-likeness (QED) is 0.836. The SMILES string of the molecule is CC(O)CNc1nc(Cl)nc(N2CCCC2)n1. The molecule has 0 spiro atoms. The number of aromatic nitrogens is 3. The van der Waals surface area contributed by atoms with E-state index in [4.69, 9.17) is 11.6 Å². The van der Waals surface area contributed by atoms with Crippen LogP contribution in [0.1, 0.15) is 19.8 Å². The molecule has 1 saturated heterocycles. The normalized spacial score (nSPS) is 17.2. The number of hydrogen-bond acceptors (Lipinski definition) is 6. The van der Waals surface area contributed by atoms with E-state index in [0.29, 0.717) is 18.4 Å². The zero-order valence-corrected chi connectivity index (χ0v) is 10.5. The maximum absolute atomic E-state index is 9.19. The molecule has 1 aromatic rings. The molecule has 1 atom stereocenters. The van der Waals surface area contributed by atoms with Crippen molar-refractivity contribution in [2.75, 3.05) is 29.9 Å². The molecule has 2 heterocycles. The Bertz CT molecular complexity index is 381. The minimum absolute atomic E-state index is 0.176. The highest BCUT2D eigenvalue weighted by Crippen LogP contribution is 2.18. The van der Waals surface area contributed by atoms with Crippen LogP contribution in [-0.4, -0.2) is 45.8 Å². The number of nitrogens with zero attached hydrogens (tertiary/aromatic N) is 4. The average Bonchev–Trinajstić information content (AvgIpc) is 2.79. The van der Waals surface area contributed by atoms with Gasteiger partial charge in [0.1, 0.15) is 0 Å². The highest BCUT2D eigenvalue weighted by Gasteiger charge is 2.16. The Balaban J connectivity index is 2.11. The van der Waals surface area contributed by atoms with Crippen molar-refractivity contribution in [3.05, 3.63) is 5.28 Å². The molecule has 7 heteroatoms. The second-order valence-corrected chi connectivity index (χ2v) is 4.49. The molecule has 0 saturated carbocycles. The van der Waals surface area contributed by atoms with Crippen LogP contribution in [0.3, 0.4) is 0 Å². The summed E-state index contributed by atoms with van der Waals surface area (Å²) in [5.74, 6) is 1.02. The van der Waals surface area contributed by atoms with Gasteiger partial charge in [0, 0.05) is 19.6 Å². The van der Waals surface area contributed by atoms with Gasteiger partial charge in [-0.2, -0.15) is 15.0 Å². The summed E-state index contributed by atoms with van der Waals surface area (Å²) >= 11 is 5.85. The summed E-state index contributed by atoms with van der Waals surface area (Å²) in [6.07, 6.45) is 1.85. The van der Waals surface area contributed by atoms with Gasteiger partial charge in [0.25, 0.3) is 0 Å². The molecule has 1 unspecified atom stereocenters. The fourth-order valence-corrected chi connectivity index (χ4v) is 1.87. The van der Waals surface area contributed by atoms with Crippen molar-refractivity contribution in [1.82, 2.24) is 15.0 Å². The zero-order chi connectivity index (χ0) is 12.3. The van der Waals surface area contributed by atoms with Crippen molar-refractivity contribution in [1.29, 1.82) is 0 Å². The van der Waals surface area contributed by atoms with Gasteiger partial charge in [-0.3, -0.25) is 0 Å². The predicted octanol–water partition coefficient (Wildman–Crippen LogP) is 0.918. The molecule has 0 amide bonds. The zero-order valence-electron chi connectivity index (χ0n) is 9.73. The summed E-state index contributed by atoms with van der Waals surface area (Å²) in [6, 6.07) is 0. The summed E-state index contributed by atoms with van der Waals surface area (Å²) in [7, 11) is 0. The van der Waals surface area contributed by atoms with E-state index in [1.54, 1.807) is 6.92 Å². The van der Waals surface area contributed by atoms with E-state index in [9.17, 15) is 5.11 Å². The van der Waals surface area contributed by atoms with Crippen LogP contribution in [0.5, 0.6) is 0 Å². The number of hydrogen-bond donors (Lipinski definition) is 2. The third kappa shape index (κ3) is 3.41. The number of aliphatic hydroxyl groups is 1. The minimum Gasteiger partial charge on any atom is -0.392 e. The van der Waals surface area contributed by atoms with Crippen molar-refractivity contribution in [3.63, 3.8) is 0 Å². The van der Waals surface area contributed by atoms with Gasteiger partial charge in [0.2, 0.25) is 17.2 Å². The maximum atomic E-state index is 9.19. The summed E-state index contributed by atoms with van der Waals surface area (Å²) in [6.45, 7) is 3.99.